The molecular formula is C14H27N3O. The topological polar surface area (TPSA) is 62.3 Å². The number of hydrogen-bond donors (Lipinski definition) is 1. The van der Waals surface area contributed by atoms with Gasteiger partial charge in [0.15, 0.2) is 0 Å². The normalized spacial score (nSPS) is 24.4. The predicted octanol–water partition coefficient (Wildman–Crippen LogP) is 1.76. The quantitative estimate of drug-likeness (QED) is 0.702. The molecule has 2 N–H and O–H groups in total. The molecule has 0 saturated carbocycles. The van der Waals surface area contributed by atoms with Crippen molar-refractivity contribution >= 4 is 0 Å². The number of hydrogen-bond acceptors (Lipinski definition) is 4. The standard InChI is InChI=1S/C14H27N3O/c1-14(16,12-15)7-3-4-8-17-9-5-6-13(10-17)11-18-2/h13H,3-11,16H2,1-2H3. The molecule has 0 aromatic rings. The number of piperidine rings is 1. The van der Waals surface area contributed by atoms with E-state index in [1.165, 1.54) is 19.4 Å². The van der Waals surface area contributed by atoms with Gasteiger partial charge in [0.25, 0.3) is 0 Å². The lowest BCUT2D eigenvalue weighted by atomic mass is 9.96. The van der Waals surface area contributed by atoms with Gasteiger partial charge in [0.1, 0.15) is 5.54 Å². The van der Waals surface area contributed by atoms with Gasteiger partial charge in [0, 0.05) is 13.7 Å². The Kier molecular flexibility index (Phi) is 6.62. The summed E-state index contributed by atoms with van der Waals surface area (Å²) in [4.78, 5) is 2.52. The first kappa shape index (κ1) is 15.4. The van der Waals surface area contributed by atoms with Crippen molar-refractivity contribution in [2.45, 2.75) is 44.6 Å². The fourth-order valence-corrected chi connectivity index (χ4v) is 2.61. The van der Waals surface area contributed by atoms with Gasteiger partial charge < -0.3 is 15.4 Å². The van der Waals surface area contributed by atoms with Crippen LogP contribution < -0.4 is 5.73 Å². The molecule has 0 bridgehead atoms. The molecule has 1 heterocycles. The molecule has 0 aromatic heterocycles. The summed E-state index contributed by atoms with van der Waals surface area (Å²) < 4.78 is 5.24. The molecule has 18 heavy (non-hydrogen) atoms. The van der Waals surface area contributed by atoms with Crippen molar-refractivity contribution in [2.24, 2.45) is 11.7 Å². The Balaban J connectivity index is 2.14. The second-order valence-corrected chi connectivity index (χ2v) is 5.75. The van der Waals surface area contributed by atoms with Gasteiger partial charge in [-0.2, -0.15) is 5.26 Å². The Labute approximate surface area is 111 Å². The molecule has 0 aromatic carbocycles. The van der Waals surface area contributed by atoms with E-state index in [2.05, 4.69) is 11.0 Å². The van der Waals surface area contributed by atoms with Gasteiger partial charge in [0.05, 0.1) is 12.7 Å². The summed E-state index contributed by atoms with van der Waals surface area (Å²) in [6.07, 6.45) is 5.53. The molecule has 2 unspecified atom stereocenters. The highest BCUT2D eigenvalue weighted by Crippen LogP contribution is 2.17. The van der Waals surface area contributed by atoms with Gasteiger partial charge >= 0.3 is 0 Å². The first-order valence-electron chi connectivity index (χ1n) is 6.99. The lowest BCUT2D eigenvalue weighted by molar-refractivity contribution is 0.0897. The molecule has 104 valence electrons. The number of unbranched alkanes of at least 4 members (excludes halogenated alkanes) is 1. The predicted molar refractivity (Wildman–Crippen MR) is 73.1 cm³/mol. The molecule has 4 heteroatoms. The van der Waals surface area contributed by atoms with Crippen LogP contribution in [0.3, 0.4) is 0 Å². The maximum Gasteiger partial charge on any atom is 0.101 e. The third-order valence-corrected chi connectivity index (χ3v) is 3.68. The van der Waals surface area contributed by atoms with Gasteiger partial charge in [-0.15, -0.1) is 0 Å². The lowest BCUT2D eigenvalue weighted by Crippen LogP contribution is -2.38. The average molecular weight is 253 g/mol. The molecule has 4 nitrogen and oxygen atoms in total. The van der Waals surface area contributed by atoms with Crippen LogP contribution >= 0.6 is 0 Å². The van der Waals surface area contributed by atoms with Crippen LogP contribution in [-0.2, 0) is 4.74 Å². The molecule has 0 amide bonds. The van der Waals surface area contributed by atoms with Crippen molar-refractivity contribution in [3.8, 4) is 6.07 Å². The van der Waals surface area contributed by atoms with E-state index in [9.17, 15) is 0 Å². The van der Waals surface area contributed by atoms with Crippen LogP contribution in [0.2, 0.25) is 0 Å². The molecule has 1 fully saturated rings. The van der Waals surface area contributed by atoms with Gasteiger partial charge in [-0.3, -0.25) is 0 Å². The summed E-state index contributed by atoms with van der Waals surface area (Å²) in [7, 11) is 1.78. The SMILES string of the molecule is COCC1CCCN(CCCCC(C)(N)C#N)C1. The van der Waals surface area contributed by atoms with Gasteiger partial charge in [-0.05, 0) is 58.0 Å². The molecule has 1 aliphatic heterocycles. The Morgan fingerprint density at radius 2 is 2.28 bits per heavy atom. The van der Waals surface area contributed by atoms with Crippen LogP contribution in [-0.4, -0.2) is 43.8 Å². The van der Waals surface area contributed by atoms with Gasteiger partial charge in [-0.1, -0.05) is 0 Å². The smallest absolute Gasteiger partial charge is 0.101 e. The summed E-state index contributed by atoms with van der Waals surface area (Å²) in [5.41, 5.74) is 5.15. The summed E-state index contributed by atoms with van der Waals surface area (Å²) in [6, 6.07) is 2.15. The van der Waals surface area contributed by atoms with E-state index >= 15 is 0 Å². The number of rotatable bonds is 7. The number of ether oxygens (including phenoxy) is 1. The Bertz CT molecular complexity index is 271. The first-order valence-corrected chi connectivity index (χ1v) is 6.99. The van der Waals surface area contributed by atoms with E-state index in [1.807, 2.05) is 6.92 Å². The van der Waals surface area contributed by atoms with Crippen LogP contribution in [0, 0.1) is 17.2 Å². The highest BCUT2D eigenvalue weighted by Gasteiger charge is 2.20. The van der Waals surface area contributed by atoms with Crippen LogP contribution in [0.4, 0.5) is 0 Å². The number of nitrogens with two attached hydrogens (primary N) is 1. The van der Waals surface area contributed by atoms with E-state index < -0.39 is 5.54 Å². The zero-order valence-electron chi connectivity index (χ0n) is 11.8. The monoisotopic (exact) mass is 253 g/mol. The van der Waals surface area contributed by atoms with Crippen molar-refractivity contribution in [3.05, 3.63) is 0 Å². The highest BCUT2D eigenvalue weighted by molar-refractivity contribution is 5.00. The molecule has 0 radical (unpaired) electrons. The summed E-state index contributed by atoms with van der Waals surface area (Å²) in [6.45, 7) is 6.18. The van der Waals surface area contributed by atoms with E-state index in [0.717, 1.165) is 39.0 Å². The van der Waals surface area contributed by atoms with Crippen LogP contribution in [0.15, 0.2) is 0 Å². The highest BCUT2D eigenvalue weighted by atomic mass is 16.5. The Morgan fingerprint density at radius 3 is 2.94 bits per heavy atom. The number of methoxy groups -OCH3 is 1. The number of nitrogens with zero attached hydrogens (tertiary/aromatic N) is 2. The van der Waals surface area contributed by atoms with Crippen molar-refractivity contribution in [3.63, 3.8) is 0 Å². The Hall–Kier alpha value is -0.630. The molecule has 1 rings (SSSR count). The maximum atomic E-state index is 8.84. The summed E-state index contributed by atoms with van der Waals surface area (Å²) >= 11 is 0. The minimum atomic E-state index is -0.652. The molecule has 2 atom stereocenters. The van der Waals surface area contributed by atoms with Crippen LogP contribution in [0.25, 0.3) is 0 Å². The van der Waals surface area contributed by atoms with Gasteiger partial charge in [-0.25, -0.2) is 0 Å². The molecule has 1 saturated heterocycles. The fraction of sp³-hybridized carbons (Fsp3) is 0.929. The lowest BCUT2D eigenvalue weighted by Gasteiger charge is -2.32. The Morgan fingerprint density at radius 1 is 1.50 bits per heavy atom. The minimum Gasteiger partial charge on any atom is -0.384 e. The van der Waals surface area contributed by atoms with Crippen molar-refractivity contribution in [2.75, 3.05) is 33.4 Å². The fourth-order valence-electron chi connectivity index (χ4n) is 2.61. The van der Waals surface area contributed by atoms with E-state index in [1.54, 1.807) is 7.11 Å². The summed E-state index contributed by atoms with van der Waals surface area (Å²) in [5.74, 6) is 0.697. The first-order chi connectivity index (χ1) is 8.57. The second kappa shape index (κ2) is 7.73. The minimum absolute atomic E-state index is 0.652. The zero-order valence-corrected chi connectivity index (χ0v) is 11.8. The van der Waals surface area contributed by atoms with E-state index in [0.29, 0.717) is 5.92 Å². The summed E-state index contributed by atoms with van der Waals surface area (Å²) in [5, 5.41) is 8.84. The zero-order chi connectivity index (χ0) is 13.4. The maximum absolute atomic E-state index is 8.84. The van der Waals surface area contributed by atoms with Crippen molar-refractivity contribution in [1.29, 1.82) is 5.26 Å². The molecule has 1 aliphatic rings. The van der Waals surface area contributed by atoms with Crippen molar-refractivity contribution in [1.82, 2.24) is 4.90 Å². The second-order valence-electron chi connectivity index (χ2n) is 5.75. The van der Waals surface area contributed by atoms with Crippen LogP contribution in [0.5, 0.6) is 0 Å². The van der Waals surface area contributed by atoms with E-state index in [4.69, 9.17) is 15.7 Å². The molecule has 0 aliphatic carbocycles. The third-order valence-electron chi connectivity index (χ3n) is 3.68. The van der Waals surface area contributed by atoms with Crippen LogP contribution in [0.1, 0.15) is 39.0 Å². The van der Waals surface area contributed by atoms with Crippen molar-refractivity contribution < 1.29 is 4.74 Å². The van der Waals surface area contributed by atoms with Gasteiger partial charge in [0.2, 0.25) is 0 Å². The largest absolute Gasteiger partial charge is 0.384 e. The third kappa shape index (κ3) is 5.81. The number of likely N-dealkylation sites (tertiary alicyclic amines) is 1. The molecule has 0 spiro atoms. The number of nitriles is 1. The average Bonchev–Trinajstić information content (AvgIpc) is 2.36. The molecular weight excluding hydrogens is 226 g/mol. The van der Waals surface area contributed by atoms with E-state index in [-0.39, 0.29) is 0 Å².